The minimum Gasteiger partial charge on any atom is -0.298 e. The van der Waals surface area contributed by atoms with Crippen molar-refractivity contribution in [2.75, 3.05) is 5.32 Å². The van der Waals surface area contributed by atoms with Crippen LogP contribution < -0.4 is 5.32 Å². The van der Waals surface area contributed by atoms with E-state index in [1.54, 1.807) is 37.3 Å². The monoisotopic (exact) mass is 474 g/mol. The molecule has 2 heterocycles. The Hall–Kier alpha value is -3.53. The third kappa shape index (κ3) is 4.80. The van der Waals surface area contributed by atoms with Crippen LogP contribution in [0, 0.1) is 19.7 Å². The second-order valence-electron chi connectivity index (χ2n) is 7.40. The number of benzene rings is 2. The van der Waals surface area contributed by atoms with Crippen molar-refractivity contribution in [2.24, 2.45) is 0 Å². The molecule has 0 atom stereocenters. The van der Waals surface area contributed by atoms with Crippen LogP contribution in [0.5, 0.6) is 0 Å². The van der Waals surface area contributed by atoms with E-state index in [-0.39, 0.29) is 23.1 Å². The maximum Gasteiger partial charge on any atom is 0.434 e. The third-order valence-corrected chi connectivity index (χ3v) is 6.06. The number of halogens is 4. The van der Waals surface area contributed by atoms with E-state index in [9.17, 15) is 22.4 Å². The summed E-state index contributed by atoms with van der Waals surface area (Å²) in [6, 6.07) is 12.6. The molecule has 5 nitrogen and oxygen atoms in total. The molecule has 0 saturated heterocycles. The fourth-order valence-electron chi connectivity index (χ4n) is 3.29. The van der Waals surface area contributed by atoms with E-state index in [4.69, 9.17) is 0 Å². The second kappa shape index (κ2) is 8.78. The molecule has 0 aliphatic heterocycles. The van der Waals surface area contributed by atoms with Crippen molar-refractivity contribution in [3.63, 3.8) is 0 Å². The first-order valence-electron chi connectivity index (χ1n) is 9.87. The van der Waals surface area contributed by atoms with Gasteiger partial charge in [-0.1, -0.05) is 35.9 Å². The van der Waals surface area contributed by atoms with Crippen molar-refractivity contribution >= 4 is 22.4 Å². The van der Waals surface area contributed by atoms with E-state index in [2.05, 4.69) is 15.4 Å². The summed E-state index contributed by atoms with van der Waals surface area (Å²) in [4.78, 5) is 17.7. The first kappa shape index (κ1) is 22.7. The normalized spacial score (nSPS) is 11.6. The molecule has 1 N–H and O–H groups in total. The number of hydrogen-bond donors (Lipinski definition) is 1. The smallest absolute Gasteiger partial charge is 0.298 e. The number of hydrogen-bond acceptors (Lipinski definition) is 4. The molecular weight excluding hydrogens is 456 g/mol. The van der Waals surface area contributed by atoms with Crippen LogP contribution >= 0.6 is 11.3 Å². The van der Waals surface area contributed by atoms with Gasteiger partial charge in [-0.15, -0.1) is 11.3 Å². The van der Waals surface area contributed by atoms with E-state index in [1.165, 1.54) is 18.2 Å². The van der Waals surface area contributed by atoms with E-state index in [1.807, 2.05) is 6.92 Å². The molecule has 2 aromatic carbocycles. The lowest BCUT2D eigenvalue weighted by Crippen LogP contribution is -2.20. The molecular formula is C23H18F4N4OS. The van der Waals surface area contributed by atoms with Crippen LogP contribution in [0.3, 0.4) is 0 Å². The molecule has 0 fully saturated rings. The number of amides is 1. The van der Waals surface area contributed by atoms with Crippen molar-refractivity contribution in [1.82, 2.24) is 14.8 Å². The zero-order valence-corrected chi connectivity index (χ0v) is 18.4. The molecule has 1 amide bonds. The maximum absolute atomic E-state index is 14.0. The molecule has 0 radical (unpaired) electrons. The van der Waals surface area contributed by atoms with Crippen LogP contribution in [0.25, 0.3) is 5.69 Å². The molecule has 0 saturated carbocycles. The minimum atomic E-state index is -4.82. The van der Waals surface area contributed by atoms with Crippen LogP contribution in [0.2, 0.25) is 0 Å². The molecule has 0 bridgehead atoms. The van der Waals surface area contributed by atoms with Crippen molar-refractivity contribution in [3.8, 4) is 5.69 Å². The first-order valence-corrected chi connectivity index (χ1v) is 10.7. The van der Waals surface area contributed by atoms with E-state index in [0.717, 1.165) is 23.1 Å². The topological polar surface area (TPSA) is 59.8 Å². The van der Waals surface area contributed by atoms with Gasteiger partial charge in [-0.05, 0) is 37.6 Å². The van der Waals surface area contributed by atoms with Gasteiger partial charge in [-0.25, -0.2) is 14.1 Å². The highest BCUT2D eigenvalue weighted by molar-refractivity contribution is 7.15. The summed E-state index contributed by atoms with van der Waals surface area (Å²) in [6.07, 6.45) is -3.67. The number of alkyl halides is 3. The van der Waals surface area contributed by atoms with Gasteiger partial charge in [0.25, 0.3) is 5.91 Å². The highest BCUT2D eigenvalue weighted by Gasteiger charge is 2.40. The number of rotatable bonds is 5. The summed E-state index contributed by atoms with van der Waals surface area (Å²) in [5, 5.41) is 6.36. The highest BCUT2D eigenvalue weighted by Crippen LogP contribution is 2.34. The lowest BCUT2D eigenvalue weighted by atomic mass is 10.1. The number of nitrogens with zero attached hydrogens (tertiary/aromatic N) is 3. The van der Waals surface area contributed by atoms with Gasteiger partial charge >= 0.3 is 6.18 Å². The van der Waals surface area contributed by atoms with Gasteiger partial charge < -0.3 is 0 Å². The molecule has 0 aliphatic carbocycles. The van der Waals surface area contributed by atoms with E-state index >= 15 is 0 Å². The second-order valence-corrected chi connectivity index (χ2v) is 8.49. The van der Waals surface area contributed by atoms with Gasteiger partial charge in [-0.3, -0.25) is 10.1 Å². The Bertz CT molecular complexity index is 1310. The highest BCUT2D eigenvalue weighted by atomic mass is 32.1. The Labute approximate surface area is 190 Å². The average Bonchev–Trinajstić information content (AvgIpc) is 3.34. The number of carbonyl (C=O) groups is 1. The van der Waals surface area contributed by atoms with Crippen LogP contribution in [0.1, 0.15) is 37.7 Å². The van der Waals surface area contributed by atoms with E-state index in [0.29, 0.717) is 20.8 Å². The van der Waals surface area contributed by atoms with Gasteiger partial charge in [0.05, 0.1) is 23.1 Å². The van der Waals surface area contributed by atoms with Crippen molar-refractivity contribution in [1.29, 1.82) is 0 Å². The summed E-state index contributed by atoms with van der Waals surface area (Å²) in [7, 11) is 0. The van der Waals surface area contributed by atoms with Gasteiger partial charge in [0.2, 0.25) is 0 Å². The molecule has 0 spiro atoms. The Kier molecular flexibility index (Phi) is 6.03. The molecule has 4 rings (SSSR count). The summed E-state index contributed by atoms with van der Waals surface area (Å²) >= 11 is 1.09. The van der Waals surface area contributed by atoms with Gasteiger partial charge in [0.15, 0.2) is 10.8 Å². The predicted octanol–water partition coefficient (Wildman–Crippen LogP) is 5.95. The summed E-state index contributed by atoms with van der Waals surface area (Å²) in [6.45, 7) is 3.51. The number of aromatic nitrogens is 3. The predicted molar refractivity (Wildman–Crippen MR) is 117 cm³/mol. The molecule has 4 aromatic rings. The van der Waals surface area contributed by atoms with E-state index < -0.39 is 23.3 Å². The van der Waals surface area contributed by atoms with Crippen molar-refractivity contribution in [3.05, 3.63) is 93.5 Å². The van der Waals surface area contributed by atoms with Gasteiger partial charge in [-0.2, -0.15) is 18.3 Å². The zero-order valence-electron chi connectivity index (χ0n) is 17.6. The Balaban J connectivity index is 1.62. The quantitative estimate of drug-likeness (QED) is 0.364. The summed E-state index contributed by atoms with van der Waals surface area (Å²) < 4.78 is 56.3. The molecule has 0 aliphatic rings. The zero-order chi connectivity index (χ0) is 23.8. The molecule has 2 aromatic heterocycles. The SMILES string of the molecule is Cc1ccc(-n2ncc(C(=O)Nc3nc(C)c(Cc4ccccc4F)s3)c2C(F)(F)F)cc1. The number of aryl methyl sites for hydroxylation is 2. The van der Waals surface area contributed by atoms with Gasteiger partial charge in [0.1, 0.15) is 5.82 Å². The van der Waals surface area contributed by atoms with Crippen LogP contribution in [-0.4, -0.2) is 20.7 Å². The molecule has 0 unspecified atom stereocenters. The summed E-state index contributed by atoms with van der Waals surface area (Å²) in [5.41, 5.74) is 0.285. The standard InChI is InChI=1S/C23H18F4N4OS/c1-13-7-9-16(10-8-13)31-20(23(25,26)27)17(12-28-31)21(32)30-22-29-14(2)19(33-22)11-15-5-3-4-6-18(15)24/h3-10,12H,11H2,1-2H3,(H,29,30,32). The number of anilines is 1. The van der Waals surface area contributed by atoms with Crippen LogP contribution in [-0.2, 0) is 12.6 Å². The molecule has 33 heavy (non-hydrogen) atoms. The number of carbonyl (C=O) groups excluding carboxylic acids is 1. The fourth-order valence-corrected chi connectivity index (χ4v) is 4.27. The van der Waals surface area contributed by atoms with Crippen molar-refractivity contribution in [2.45, 2.75) is 26.4 Å². The first-order chi connectivity index (χ1) is 15.6. The molecule has 170 valence electrons. The Morgan fingerprint density at radius 2 is 1.79 bits per heavy atom. The largest absolute Gasteiger partial charge is 0.434 e. The maximum atomic E-state index is 14.0. The minimum absolute atomic E-state index is 0.125. The number of thiazole rings is 1. The average molecular weight is 474 g/mol. The van der Waals surface area contributed by atoms with Crippen molar-refractivity contribution < 1.29 is 22.4 Å². The van der Waals surface area contributed by atoms with Crippen LogP contribution in [0.15, 0.2) is 54.7 Å². The molecule has 10 heteroatoms. The Morgan fingerprint density at radius 3 is 2.45 bits per heavy atom. The lowest BCUT2D eigenvalue weighted by Gasteiger charge is -2.12. The lowest BCUT2D eigenvalue weighted by molar-refractivity contribution is -0.143. The van der Waals surface area contributed by atoms with Crippen LogP contribution in [0.4, 0.5) is 22.7 Å². The third-order valence-electron chi connectivity index (χ3n) is 4.98. The summed E-state index contributed by atoms with van der Waals surface area (Å²) in [5.74, 6) is -1.35. The van der Waals surface area contributed by atoms with Gasteiger partial charge in [0, 0.05) is 11.3 Å². The number of nitrogens with one attached hydrogen (secondary N) is 1. The Morgan fingerprint density at radius 1 is 1.09 bits per heavy atom. The fraction of sp³-hybridized carbons (Fsp3) is 0.174.